The van der Waals surface area contributed by atoms with E-state index in [1.165, 1.54) is 12.3 Å². The highest BCUT2D eigenvalue weighted by Gasteiger charge is 2.28. The van der Waals surface area contributed by atoms with Crippen LogP contribution in [0.4, 0.5) is 0 Å². The van der Waals surface area contributed by atoms with E-state index in [0.717, 1.165) is 63.6 Å². The van der Waals surface area contributed by atoms with Crippen molar-refractivity contribution >= 4 is 87.8 Å². The number of carbonyl (C=O) groups excluding carboxylic acids is 2. The number of allylic oxidation sites excluding steroid dienone is 6. The van der Waals surface area contributed by atoms with Crippen LogP contribution in [0.2, 0.25) is 0 Å². The Morgan fingerprint density at radius 2 is 1.48 bits per heavy atom. The van der Waals surface area contributed by atoms with Gasteiger partial charge in [-0.15, -0.1) is 0 Å². The summed E-state index contributed by atoms with van der Waals surface area (Å²) in [5, 5.41) is 9.24. The van der Waals surface area contributed by atoms with Crippen LogP contribution in [0.5, 0.6) is 0 Å². The zero-order valence-corrected chi connectivity index (χ0v) is 27.8. The number of hydrogen-bond acceptors (Lipinski definition) is 3. The van der Waals surface area contributed by atoms with Gasteiger partial charge in [0.1, 0.15) is 0 Å². The molecule has 0 aliphatic heterocycles. The van der Waals surface area contributed by atoms with Crippen molar-refractivity contribution in [2.24, 2.45) is 5.73 Å². The van der Waals surface area contributed by atoms with E-state index in [9.17, 15) is 9.59 Å². The number of H-pyrrole nitrogens is 1. The summed E-state index contributed by atoms with van der Waals surface area (Å²) >= 11 is 7.34. The maximum atomic E-state index is 13.1. The quantitative estimate of drug-likeness (QED) is 0.0980. The monoisotopic (exact) mass is 707 g/mol. The molecule has 0 atom stereocenters. The average molecular weight is 709 g/mol. The largest absolute Gasteiger partial charge is 0.398 e. The van der Waals surface area contributed by atoms with Crippen molar-refractivity contribution in [1.82, 2.24) is 10.3 Å². The molecule has 0 saturated heterocycles. The minimum atomic E-state index is -0.397. The first-order valence-corrected chi connectivity index (χ1v) is 16.0. The SMILES string of the molecule is CNC(=O)/C(C(C)=O)=C1C(=C/C=C(/N)c2cccc3c(Br)ccc(C)c23)/CCC/1=C\C=c1\[nH]c2ccc(Br)c3cccc1c23. The van der Waals surface area contributed by atoms with Gasteiger partial charge in [0, 0.05) is 48.9 Å². The summed E-state index contributed by atoms with van der Waals surface area (Å²) in [7, 11) is 1.55. The summed E-state index contributed by atoms with van der Waals surface area (Å²) in [5.41, 5.74) is 13.1. The molecule has 220 valence electrons. The predicted molar refractivity (Wildman–Crippen MR) is 189 cm³/mol. The van der Waals surface area contributed by atoms with Crippen LogP contribution < -0.4 is 16.4 Å². The first-order valence-electron chi connectivity index (χ1n) is 14.4. The van der Waals surface area contributed by atoms with Gasteiger partial charge in [-0.25, -0.2) is 0 Å². The van der Waals surface area contributed by atoms with Crippen molar-refractivity contribution in [3.63, 3.8) is 0 Å². The van der Waals surface area contributed by atoms with Crippen LogP contribution in [-0.4, -0.2) is 23.7 Å². The van der Waals surface area contributed by atoms with Gasteiger partial charge in [0.25, 0.3) is 5.91 Å². The van der Waals surface area contributed by atoms with Gasteiger partial charge in [0.05, 0.1) is 5.57 Å². The minimum Gasteiger partial charge on any atom is -0.398 e. The highest BCUT2D eigenvalue weighted by molar-refractivity contribution is 9.11. The van der Waals surface area contributed by atoms with Gasteiger partial charge >= 0.3 is 0 Å². The van der Waals surface area contributed by atoms with Crippen LogP contribution in [0.3, 0.4) is 0 Å². The van der Waals surface area contributed by atoms with E-state index in [1.54, 1.807) is 7.05 Å². The van der Waals surface area contributed by atoms with Crippen molar-refractivity contribution in [1.29, 1.82) is 0 Å². The van der Waals surface area contributed by atoms with Crippen molar-refractivity contribution in [2.45, 2.75) is 26.7 Å². The first-order chi connectivity index (χ1) is 21.2. The average Bonchev–Trinajstić information content (AvgIpc) is 3.59. The summed E-state index contributed by atoms with van der Waals surface area (Å²) in [4.78, 5) is 29.5. The minimum absolute atomic E-state index is 0.159. The highest BCUT2D eigenvalue weighted by atomic mass is 79.9. The molecular weight excluding hydrogens is 678 g/mol. The number of carbonyl (C=O) groups is 2. The summed E-state index contributed by atoms with van der Waals surface area (Å²) in [6, 6.07) is 20.6. The van der Waals surface area contributed by atoms with E-state index in [-0.39, 0.29) is 11.4 Å². The molecule has 1 aliphatic carbocycles. The molecule has 0 radical (unpaired) electrons. The standard InChI is InChI=1S/C37H31Br2N3O2/c1-20-10-15-28(38)24-6-4-8-26(33(20)24)30(40)17-13-22-11-12-23(35(22)34(21(2)43)37(44)41-3)14-18-31-27-9-5-7-25-29(39)16-19-32(42-31)36(25)27/h4-10,13-19,42H,11-12,40H2,1-3H3,(H,41,44)/b22-13+,23-14+,30-17+,31-18+,35-34-. The van der Waals surface area contributed by atoms with E-state index in [2.05, 4.69) is 79.4 Å². The molecular formula is C37H31Br2N3O2. The van der Waals surface area contributed by atoms with Crippen LogP contribution in [0.15, 0.2) is 110 Å². The Balaban J connectivity index is 1.49. The highest BCUT2D eigenvalue weighted by Crippen LogP contribution is 2.39. The zero-order chi connectivity index (χ0) is 31.1. The Morgan fingerprint density at radius 1 is 0.841 bits per heavy atom. The number of nitrogens with one attached hydrogen (secondary N) is 2. The number of fused-ring (bicyclic) bond motifs is 1. The Bertz CT molecular complexity index is 2200. The predicted octanol–water partition coefficient (Wildman–Crippen LogP) is 8.09. The number of aryl methyl sites for hydroxylation is 1. The lowest BCUT2D eigenvalue weighted by molar-refractivity contribution is -0.121. The summed E-state index contributed by atoms with van der Waals surface area (Å²) in [6.45, 7) is 3.52. The van der Waals surface area contributed by atoms with Crippen molar-refractivity contribution < 1.29 is 9.59 Å². The number of likely N-dealkylation sites (N-methyl/N-ethyl adjacent to an activating group) is 1. The zero-order valence-electron chi connectivity index (χ0n) is 24.6. The summed E-state index contributed by atoms with van der Waals surface area (Å²) in [5.74, 6) is -0.676. The third-order valence-corrected chi connectivity index (χ3v) is 9.71. The number of nitrogens with two attached hydrogens (primary N) is 1. The van der Waals surface area contributed by atoms with Crippen molar-refractivity contribution in [3.05, 3.63) is 127 Å². The van der Waals surface area contributed by atoms with Gasteiger partial charge in [-0.05, 0) is 95.5 Å². The van der Waals surface area contributed by atoms with Gasteiger partial charge < -0.3 is 16.0 Å². The van der Waals surface area contributed by atoms with E-state index in [1.807, 2.05) is 54.6 Å². The molecule has 7 heteroatoms. The summed E-state index contributed by atoms with van der Waals surface area (Å²) < 4.78 is 2.06. The first kappa shape index (κ1) is 29.9. The second kappa shape index (κ2) is 12.1. The van der Waals surface area contributed by atoms with Crippen molar-refractivity contribution in [3.8, 4) is 0 Å². The van der Waals surface area contributed by atoms with E-state index < -0.39 is 5.91 Å². The fraction of sp³-hybridized carbons (Fsp3) is 0.135. The van der Waals surface area contributed by atoms with Crippen LogP contribution >= 0.6 is 31.9 Å². The molecule has 5 aromatic rings. The third kappa shape index (κ3) is 5.24. The number of hydrogen-bond donors (Lipinski definition) is 3. The Kier molecular flexibility index (Phi) is 8.18. The van der Waals surface area contributed by atoms with Gasteiger partial charge in [-0.3, -0.25) is 9.59 Å². The van der Waals surface area contributed by atoms with Gasteiger partial charge in [0.15, 0.2) is 5.78 Å². The van der Waals surface area contributed by atoms with Crippen LogP contribution in [0.25, 0.3) is 44.2 Å². The van der Waals surface area contributed by atoms with Crippen LogP contribution in [-0.2, 0) is 9.59 Å². The van der Waals surface area contributed by atoms with Gasteiger partial charge in [-0.2, -0.15) is 0 Å². The normalized spacial score (nSPS) is 17.5. The molecule has 1 aromatic heterocycles. The molecule has 0 spiro atoms. The molecule has 0 unspecified atom stereocenters. The molecule has 1 aliphatic rings. The number of benzene rings is 4. The lowest BCUT2D eigenvalue weighted by Gasteiger charge is -2.12. The Hall–Kier alpha value is -4.20. The second-order valence-corrected chi connectivity index (χ2v) is 12.7. The number of ketones is 1. The summed E-state index contributed by atoms with van der Waals surface area (Å²) in [6.07, 6.45) is 9.29. The number of amides is 1. The molecule has 5 nitrogen and oxygen atoms in total. The number of aromatic nitrogens is 1. The lowest BCUT2D eigenvalue weighted by atomic mass is 9.95. The van der Waals surface area contributed by atoms with E-state index >= 15 is 0 Å². The fourth-order valence-corrected chi connectivity index (χ4v) is 7.18. The molecule has 1 amide bonds. The lowest BCUT2D eigenvalue weighted by Crippen LogP contribution is -2.25. The molecule has 1 saturated carbocycles. The number of rotatable bonds is 5. The number of halogens is 2. The Labute approximate surface area is 272 Å². The smallest absolute Gasteiger partial charge is 0.255 e. The third-order valence-electron chi connectivity index (χ3n) is 8.33. The molecule has 1 fully saturated rings. The molecule has 6 rings (SSSR count). The molecule has 1 heterocycles. The van der Waals surface area contributed by atoms with Crippen LogP contribution in [0.1, 0.15) is 30.9 Å². The maximum absolute atomic E-state index is 13.1. The molecule has 4 aromatic carbocycles. The number of Topliss-reactive ketones (excluding diaryl/α,β-unsaturated/α-hetero) is 1. The van der Waals surface area contributed by atoms with Crippen molar-refractivity contribution in [2.75, 3.05) is 7.05 Å². The van der Waals surface area contributed by atoms with Crippen LogP contribution in [0, 0.1) is 6.92 Å². The molecule has 4 N–H and O–H groups in total. The number of aromatic amines is 1. The molecule has 0 bridgehead atoms. The van der Waals surface area contributed by atoms with E-state index in [0.29, 0.717) is 24.1 Å². The molecule has 44 heavy (non-hydrogen) atoms. The van der Waals surface area contributed by atoms with Gasteiger partial charge in [-0.1, -0.05) is 86.5 Å². The van der Waals surface area contributed by atoms with E-state index in [4.69, 9.17) is 5.73 Å². The second-order valence-electron chi connectivity index (χ2n) is 11.0. The Morgan fingerprint density at radius 3 is 2.18 bits per heavy atom. The maximum Gasteiger partial charge on any atom is 0.255 e. The fourth-order valence-electron chi connectivity index (χ4n) is 6.25. The topological polar surface area (TPSA) is 88.0 Å². The van der Waals surface area contributed by atoms with Gasteiger partial charge in [0.2, 0.25) is 0 Å².